The van der Waals surface area contributed by atoms with Crippen LogP contribution in [0, 0.1) is 5.16 Å². The van der Waals surface area contributed by atoms with Crippen LogP contribution < -0.4 is 0 Å². The molecule has 0 saturated heterocycles. The molecule has 0 unspecified atom stereocenters. The van der Waals surface area contributed by atoms with E-state index in [9.17, 15) is 0 Å². The summed E-state index contributed by atoms with van der Waals surface area (Å²) in [7, 11) is -2.19. The Balaban J connectivity index is -0.000000107. The molecular formula is C8H26NO2P. The molecule has 3 nitrogen and oxygen atoms in total. The Bertz CT molecular complexity index is 108. The summed E-state index contributed by atoms with van der Waals surface area (Å²) in [5, 5.41) is 7.39. The number of hydrogen-bond acceptors (Lipinski definition) is 3. The first-order valence-corrected chi connectivity index (χ1v) is 5.10. The molecule has 0 saturated carbocycles. The second-order valence-electron chi connectivity index (χ2n) is 1.68. The summed E-state index contributed by atoms with van der Waals surface area (Å²) in [6, 6.07) is 0. The van der Waals surface area contributed by atoms with Gasteiger partial charge >= 0.3 is 0 Å². The lowest BCUT2D eigenvalue weighted by atomic mass is 10.9. The molecule has 0 aliphatic heterocycles. The van der Waals surface area contributed by atoms with E-state index in [1.807, 2.05) is 13.8 Å². The zero-order chi connectivity index (χ0) is 7.33. The topological polar surface area (TPSA) is 42.3 Å². The van der Waals surface area contributed by atoms with Crippen molar-refractivity contribution in [3.63, 3.8) is 0 Å². The maximum absolute atomic E-state index is 7.39. The third-order valence-electron chi connectivity index (χ3n) is 0.751. The van der Waals surface area contributed by atoms with Gasteiger partial charge in [-0.2, -0.15) is 0 Å². The van der Waals surface area contributed by atoms with Crippen molar-refractivity contribution >= 4 is 7.51 Å². The van der Waals surface area contributed by atoms with E-state index < -0.39 is 7.51 Å². The molecule has 0 aromatic heterocycles. The van der Waals surface area contributed by atoms with Crippen LogP contribution in [0.4, 0.5) is 0 Å². The number of rotatable bonds is 4. The molecule has 0 aliphatic carbocycles. The fourth-order valence-electron chi connectivity index (χ4n) is 0.530. The van der Waals surface area contributed by atoms with E-state index in [1.54, 1.807) is 6.66 Å². The van der Waals surface area contributed by atoms with Gasteiger partial charge in [-0.25, -0.2) is 0 Å². The van der Waals surface area contributed by atoms with Gasteiger partial charge in [-0.15, -0.1) is 0 Å². The van der Waals surface area contributed by atoms with Gasteiger partial charge < -0.3 is 9.05 Å². The molecule has 0 spiro atoms. The Morgan fingerprint density at radius 2 is 1.25 bits per heavy atom. The smallest absolute Gasteiger partial charge is 0.206 e. The van der Waals surface area contributed by atoms with Crippen molar-refractivity contribution in [3.05, 3.63) is 0 Å². The molecule has 0 rings (SSSR count). The quantitative estimate of drug-likeness (QED) is 0.689. The summed E-state index contributed by atoms with van der Waals surface area (Å²) in [6.45, 7) is 6.55. The van der Waals surface area contributed by atoms with Crippen LogP contribution in [0.3, 0.4) is 0 Å². The highest BCUT2D eigenvalue weighted by molar-refractivity contribution is 7.54. The molecule has 0 bridgehead atoms. The summed E-state index contributed by atoms with van der Waals surface area (Å²) >= 11 is 0. The fourth-order valence-corrected chi connectivity index (χ4v) is 1.59. The van der Waals surface area contributed by atoms with Crippen LogP contribution in [0.5, 0.6) is 0 Å². The first-order valence-electron chi connectivity index (χ1n) is 3.03. The summed E-state index contributed by atoms with van der Waals surface area (Å²) in [6.07, 6.45) is 0. The molecular weight excluding hydrogens is 173 g/mol. The molecule has 0 aromatic carbocycles. The van der Waals surface area contributed by atoms with Crippen LogP contribution in [0.2, 0.25) is 0 Å². The maximum atomic E-state index is 7.39. The van der Waals surface area contributed by atoms with Crippen LogP contribution >= 0.6 is 7.51 Å². The Labute approximate surface area is 78.5 Å². The molecule has 12 heavy (non-hydrogen) atoms. The van der Waals surface area contributed by atoms with E-state index in [0.29, 0.717) is 13.2 Å². The van der Waals surface area contributed by atoms with Gasteiger partial charge in [-0.1, -0.05) is 22.3 Å². The second-order valence-corrected chi connectivity index (χ2v) is 3.89. The van der Waals surface area contributed by atoms with Crippen LogP contribution in [-0.2, 0) is 9.05 Å². The minimum atomic E-state index is -2.19. The number of nitrogens with one attached hydrogen (secondary N) is 1. The van der Waals surface area contributed by atoms with E-state index >= 15 is 0 Å². The van der Waals surface area contributed by atoms with Crippen molar-refractivity contribution in [2.45, 2.75) is 36.1 Å². The van der Waals surface area contributed by atoms with Crippen molar-refractivity contribution < 1.29 is 9.05 Å². The lowest BCUT2D eigenvalue weighted by molar-refractivity contribution is 0.260. The molecule has 1 N–H and O–H groups in total. The van der Waals surface area contributed by atoms with Crippen LogP contribution in [0.1, 0.15) is 36.1 Å². The lowest BCUT2D eigenvalue weighted by Gasteiger charge is -2.14. The van der Waals surface area contributed by atoms with Gasteiger partial charge in [-0.3, -0.25) is 5.16 Å². The molecule has 0 radical (unpaired) electrons. The van der Waals surface area contributed by atoms with Crippen LogP contribution in [0.25, 0.3) is 0 Å². The predicted octanol–water partition coefficient (Wildman–Crippen LogP) is 4.21. The van der Waals surface area contributed by atoms with Gasteiger partial charge in [-0.05, 0) is 13.8 Å². The standard InChI is InChI=1S/C5H14NO2P.3CH4/c1-4-7-9(3,6)8-5-2;;;/h6H,4-5H2,1-3H3;3*1H4. The minimum absolute atomic E-state index is 0. The second kappa shape index (κ2) is 11.2. The van der Waals surface area contributed by atoms with E-state index in [2.05, 4.69) is 0 Å². The van der Waals surface area contributed by atoms with Gasteiger partial charge in [0.2, 0.25) is 7.51 Å². The van der Waals surface area contributed by atoms with Crippen LogP contribution in [0.15, 0.2) is 0 Å². The molecule has 0 heterocycles. The molecule has 0 aliphatic rings. The van der Waals surface area contributed by atoms with Crippen LogP contribution in [-0.4, -0.2) is 19.9 Å². The average Bonchev–Trinajstić information content (AvgIpc) is 1.64. The SMILES string of the molecule is C.C.C.CCOP(C)(=N)OCC. The highest BCUT2D eigenvalue weighted by atomic mass is 31.2. The molecule has 0 amide bonds. The summed E-state index contributed by atoms with van der Waals surface area (Å²) in [5.41, 5.74) is 0. The minimum Gasteiger partial charge on any atom is -0.324 e. The number of hydrogen-bond donors (Lipinski definition) is 1. The van der Waals surface area contributed by atoms with E-state index in [0.717, 1.165) is 0 Å². The van der Waals surface area contributed by atoms with Crippen molar-refractivity contribution in [1.82, 2.24) is 0 Å². The highest BCUT2D eigenvalue weighted by Gasteiger charge is 2.07. The lowest BCUT2D eigenvalue weighted by Crippen LogP contribution is -1.91. The van der Waals surface area contributed by atoms with Gasteiger partial charge in [0.25, 0.3) is 0 Å². The summed E-state index contributed by atoms with van der Waals surface area (Å²) < 4.78 is 10.1. The zero-order valence-electron chi connectivity index (χ0n) is 6.18. The van der Waals surface area contributed by atoms with Gasteiger partial charge in [0.1, 0.15) is 0 Å². The zero-order valence-corrected chi connectivity index (χ0v) is 7.07. The third kappa shape index (κ3) is 12.8. The van der Waals surface area contributed by atoms with Gasteiger partial charge in [0, 0.05) is 6.66 Å². The maximum Gasteiger partial charge on any atom is 0.206 e. The van der Waals surface area contributed by atoms with E-state index in [4.69, 9.17) is 14.2 Å². The molecule has 0 atom stereocenters. The Morgan fingerprint density at radius 3 is 1.42 bits per heavy atom. The third-order valence-corrected chi connectivity index (χ3v) is 2.25. The van der Waals surface area contributed by atoms with E-state index in [-0.39, 0.29) is 22.3 Å². The first kappa shape index (κ1) is 22.7. The first-order chi connectivity index (χ1) is 4.12. The monoisotopic (exact) mass is 199 g/mol. The van der Waals surface area contributed by atoms with Gasteiger partial charge in [0.15, 0.2) is 0 Å². The van der Waals surface area contributed by atoms with Crippen molar-refractivity contribution in [1.29, 1.82) is 5.16 Å². The Kier molecular flexibility index (Phi) is 21.1. The Hall–Kier alpha value is 0.150. The van der Waals surface area contributed by atoms with E-state index in [1.165, 1.54) is 0 Å². The normalized spacial score (nSPS) is 8.92. The molecule has 80 valence electrons. The van der Waals surface area contributed by atoms with Gasteiger partial charge in [0.05, 0.1) is 13.2 Å². The average molecular weight is 199 g/mol. The molecule has 0 aromatic rings. The van der Waals surface area contributed by atoms with Crippen molar-refractivity contribution in [2.75, 3.05) is 19.9 Å². The predicted molar refractivity (Wildman–Crippen MR) is 59.0 cm³/mol. The summed E-state index contributed by atoms with van der Waals surface area (Å²) in [4.78, 5) is 0. The highest BCUT2D eigenvalue weighted by Crippen LogP contribution is 2.43. The Morgan fingerprint density at radius 1 is 1.00 bits per heavy atom. The molecule has 4 heteroatoms. The summed E-state index contributed by atoms with van der Waals surface area (Å²) in [5.74, 6) is 0. The van der Waals surface area contributed by atoms with Crippen molar-refractivity contribution in [2.24, 2.45) is 0 Å². The van der Waals surface area contributed by atoms with Crippen molar-refractivity contribution in [3.8, 4) is 0 Å². The largest absolute Gasteiger partial charge is 0.324 e. The molecule has 0 fully saturated rings. The fraction of sp³-hybridized carbons (Fsp3) is 1.00.